The predicted octanol–water partition coefficient (Wildman–Crippen LogP) is 5.04. The number of hydrogen-bond acceptors (Lipinski definition) is 3. The summed E-state index contributed by atoms with van der Waals surface area (Å²) in [6, 6.07) is 17.9. The average molecular weight is 378 g/mol. The molecule has 0 spiro atoms. The molecule has 0 saturated heterocycles. The van der Waals surface area contributed by atoms with Crippen molar-refractivity contribution < 1.29 is 4.79 Å². The van der Waals surface area contributed by atoms with Crippen molar-refractivity contribution in [2.45, 2.75) is 33.6 Å². The Labute approximate surface area is 171 Å². The minimum Gasteiger partial charge on any atom is -0.299 e. The zero-order valence-electron chi connectivity index (χ0n) is 16.9. The van der Waals surface area contributed by atoms with Crippen LogP contribution in [0.1, 0.15) is 45.6 Å². The van der Waals surface area contributed by atoms with Gasteiger partial charge < -0.3 is 0 Å². The van der Waals surface area contributed by atoms with Gasteiger partial charge in [-0.25, -0.2) is 4.98 Å². The van der Waals surface area contributed by atoms with Gasteiger partial charge in [0.1, 0.15) is 11.5 Å². The van der Waals surface area contributed by atoms with Crippen molar-refractivity contribution in [1.82, 2.24) is 4.98 Å². The highest BCUT2D eigenvalue weighted by Gasteiger charge is 2.18. The van der Waals surface area contributed by atoms with Crippen LogP contribution in [0.3, 0.4) is 0 Å². The number of carbonyl (C=O) groups is 1. The highest BCUT2D eigenvalue weighted by atomic mass is 16.1. The summed E-state index contributed by atoms with van der Waals surface area (Å²) in [6.07, 6.45) is 0.769. The molecule has 3 aromatic rings. The molecule has 29 heavy (non-hydrogen) atoms. The fourth-order valence-corrected chi connectivity index (χ4v) is 3.44. The lowest BCUT2D eigenvalue weighted by atomic mass is 9.99. The van der Waals surface area contributed by atoms with Gasteiger partial charge in [-0.2, -0.15) is 0 Å². The van der Waals surface area contributed by atoms with E-state index in [-0.39, 0.29) is 5.78 Å². The molecule has 0 saturated carbocycles. The summed E-state index contributed by atoms with van der Waals surface area (Å²) in [5.74, 6) is 6.48. The Morgan fingerprint density at radius 3 is 2.48 bits per heavy atom. The van der Waals surface area contributed by atoms with Crippen LogP contribution in [-0.2, 0) is 11.2 Å². The first-order valence-corrected chi connectivity index (χ1v) is 9.73. The first-order chi connectivity index (χ1) is 14.0. The maximum Gasteiger partial charge on any atom is 0.143 e. The number of hydrogen-bond donors (Lipinski definition) is 0. The third-order valence-corrected chi connectivity index (χ3v) is 5.12. The van der Waals surface area contributed by atoms with Crippen molar-refractivity contribution in [1.29, 1.82) is 0 Å². The number of pyridine rings is 1. The SMILES string of the molecule is Cc1cccc(C#Cc2cccc(C3=Nc4cc(C)c(C)cc4CC(=O)C3)c2)n1. The highest BCUT2D eigenvalue weighted by Crippen LogP contribution is 2.29. The van der Waals surface area contributed by atoms with Crippen LogP contribution in [-0.4, -0.2) is 16.5 Å². The van der Waals surface area contributed by atoms with E-state index in [1.54, 1.807) is 0 Å². The van der Waals surface area contributed by atoms with E-state index in [1.165, 1.54) is 11.1 Å². The topological polar surface area (TPSA) is 42.3 Å². The number of fused-ring (bicyclic) bond motifs is 1. The molecule has 0 bridgehead atoms. The van der Waals surface area contributed by atoms with Gasteiger partial charge in [-0.05, 0) is 79.3 Å². The predicted molar refractivity (Wildman–Crippen MR) is 117 cm³/mol. The molecule has 0 aliphatic carbocycles. The number of benzene rings is 2. The molecule has 1 aliphatic rings. The second-order valence-electron chi connectivity index (χ2n) is 7.51. The molecular weight excluding hydrogens is 356 g/mol. The maximum atomic E-state index is 12.5. The summed E-state index contributed by atoms with van der Waals surface area (Å²) < 4.78 is 0. The number of ketones is 1. The van der Waals surface area contributed by atoms with E-state index in [1.807, 2.05) is 49.4 Å². The fourth-order valence-electron chi connectivity index (χ4n) is 3.44. The number of carbonyl (C=O) groups excluding carboxylic acids is 1. The first kappa shape index (κ1) is 18.8. The molecule has 1 aromatic heterocycles. The van der Waals surface area contributed by atoms with Crippen LogP contribution in [0.4, 0.5) is 5.69 Å². The minimum absolute atomic E-state index is 0.186. The minimum atomic E-state index is 0.186. The van der Waals surface area contributed by atoms with Crippen molar-refractivity contribution >= 4 is 17.2 Å². The summed E-state index contributed by atoms with van der Waals surface area (Å²) in [7, 11) is 0. The molecular formula is C26H22N2O. The quantitative estimate of drug-likeness (QED) is 0.557. The van der Waals surface area contributed by atoms with E-state index >= 15 is 0 Å². The van der Waals surface area contributed by atoms with Crippen LogP contribution < -0.4 is 0 Å². The van der Waals surface area contributed by atoms with Crippen molar-refractivity contribution in [3.63, 3.8) is 0 Å². The van der Waals surface area contributed by atoms with E-state index in [4.69, 9.17) is 4.99 Å². The van der Waals surface area contributed by atoms with E-state index in [9.17, 15) is 4.79 Å². The van der Waals surface area contributed by atoms with Crippen LogP contribution >= 0.6 is 0 Å². The molecule has 4 rings (SSSR count). The molecule has 0 fully saturated rings. The normalized spacial score (nSPS) is 13.1. The molecule has 2 aromatic carbocycles. The second kappa shape index (κ2) is 7.85. The number of Topliss-reactive ketones (excluding diaryl/α,β-unsaturated/α-hetero) is 1. The van der Waals surface area contributed by atoms with Gasteiger partial charge in [0.2, 0.25) is 0 Å². The van der Waals surface area contributed by atoms with Gasteiger partial charge >= 0.3 is 0 Å². The van der Waals surface area contributed by atoms with Gasteiger partial charge in [0.05, 0.1) is 11.4 Å². The van der Waals surface area contributed by atoms with Gasteiger partial charge in [-0.1, -0.05) is 30.2 Å². The monoisotopic (exact) mass is 378 g/mol. The average Bonchev–Trinajstić information content (AvgIpc) is 2.85. The summed E-state index contributed by atoms with van der Waals surface area (Å²) in [6.45, 7) is 6.10. The van der Waals surface area contributed by atoms with Crippen molar-refractivity contribution in [2.24, 2.45) is 4.99 Å². The Hall–Kier alpha value is -3.51. The Kier molecular flexibility index (Phi) is 5.10. The van der Waals surface area contributed by atoms with Gasteiger partial charge in [-0.3, -0.25) is 9.79 Å². The first-order valence-electron chi connectivity index (χ1n) is 9.73. The van der Waals surface area contributed by atoms with Crippen molar-refractivity contribution in [3.05, 3.63) is 93.8 Å². The number of aliphatic imine (C=N–C) groups is 1. The molecule has 142 valence electrons. The lowest BCUT2D eigenvalue weighted by molar-refractivity contribution is -0.117. The lowest BCUT2D eigenvalue weighted by Gasteiger charge is -2.07. The molecule has 1 aliphatic heterocycles. The summed E-state index contributed by atoms with van der Waals surface area (Å²) in [4.78, 5) is 21.8. The third-order valence-electron chi connectivity index (χ3n) is 5.12. The highest BCUT2D eigenvalue weighted by molar-refractivity contribution is 6.13. The smallest absolute Gasteiger partial charge is 0.143 e. The van der Waals surface area contributed by atoms with E-state index in [2.05, 4.69) is 42.8 Å². The Balaban J connectivity index is 1.71. The van der Waals surface area contributed by atoms with Crippen LogP contribution in [0.15, 0.2) is 59.6 Å². The number of rotatable bonds is 1. The largest absolute Gasteiger partial charge is 0.299 e. The fraction of sp³-hybridized carbons (Fsp3) is 0.192. The molecule has 0 unspecified atom stereocenters. The second-order valence-corrected chi connectivity index (χ2v) is 7.51. The van der Waals surface area contributed by atoms with Crippen LogP contribution in [0.25, 0.3) is 0 Å². The number of nitrogens with zero attached hydrogens (tertiary/aromatic N) is 2. The molecule has 0 atom stereocenters. The molecule has 0 N–H and O–H groups in total. The zero-order chi connectivity index (χ0) is 20.4. The molecule has 3 heteroatoms. The zero-order valence-corrected chi connectivity index (χ0v) is 16.9. The molecule has 0 amide bonds. The maximum absolute atomic E-state index is 12.5. The van der Waals surface area contributed by atoms with Gasteiger partial charge in [-0.15, -0.1) is 0 Å². The standard InChI is InChI=1S/C26H22N2O/c1-17-12-22-15-24(29)16-26(28-25(22)13-18(17)2)21-8-5-7-20(14-21)10-11-23-9-4-6-19(3)27-23/h4-9,12-14H,15-16H2,1-3H3. The van der Waals surface area contributed by atoms with Gasteiger partial charge in [0, 0.05) is 24.1 Å². The Morgan fingerprint density at radius 1 is 0.862 bits per heavy atom. The van der Waals surface area contributed by atoms with E-state index in [0.717, 1.165) is 39.5 Å². The summed E-state index contributed by atoms with van der Waals surface area (Å²) >= 11 is 0. The van der Waals surface area contributed by atoms with Gasteiger partial charge in [0.15, 0.2) is 0 Å². The van der Waals surface area contributed by atoms with Crippen molar-refractivity contribution in [3.8, 4) is 11.8 Å². The van der Waals surface area contributed by atoms with Gasteiger partial charge in [0.25, 0.3) is 0 Å². The van der Waals surface area contributed by atoms with E-state index in [0.29, 0.717) is 12.8 Å². The number of aryl methyl sites for hydroxylation is 3. The summed E-state index contributed by atoms with van der Waals surface area (Å²) in [5, 5.41) is 0. The van der Waals surface area contributed by atoms with Crippen LogP contribution in [0.5, 0.6) is 0 Å². The number of aromatic nitrogens is 1. The molecule has 2 heterocycles. The van der Waals surface area contributed by atoms with Crippen LogP contribution in [0.2, 0.25) is 0 Å². The van der Waals surface area contributed by atoms with Crippen molar-refractivity contribution in [2.75, 3.05) is 0 Å². The van der Waals surface area contributed by atoms with E-state index < -0.39 is 0 Å². The third kappa shape index (κ3) is 4.33. The molecule has 3 nitrogen and oxygen atoms in total. The Morgan fingerprint density at radius 2 is 1.66 bits per heavy atom. The lowest BCUT2D eigenvalue weighted by Crippen LogP contribution is -2.09. The summed E-state index contributed by atoms with van der Waals surface area (Å²) in [5.41, 5.74) is 8.60. The Bertz CT molecular complexity index is 1210. The van der Waals surface area contributed by atoms with Crippen LogP contribution in [0, 0.1) is 32.6 Å². The molecule has 0 radical (unpaired) electrons.